The predicted octanol–water partition coefficient (Wildman–Crippen LogP) is 0.287. The van der Waals surface area contributed by atoms with Gasteiger partial charge in [0.15, 0.2) is 0 Å². The van der Waals surface area contributed by atoms with Crippen molar-refractivity contribution in [3.63, 3.8) is 0 Å². The molecule has 0 aliphatic carbocycles. The molecule has 94 valence electrons. The van der Waals surface area contributed by atoms with Gasteiger partial charge in [-0.1, -0.05) is 0 Å². The summed E-state index contributed by atoms with van der Waals surface area (Å²) < 4.78 is 1.78. The van der Waals surface area contributed by atoms with Gasteiger partial charge >= 0.3 is 0 Å². The molecular formula is C12H16N6. The van der Waals surface area contributed by atoms with Gasteiger partial charge in [-0.2, -0.15) is 5.10 Å². The molecule has 0 amide bonds. The fourth-order valence-electron chi connectivity index (χ4n) is 2.07. The maximum atomic E-state index is 4.44. The normalized spacial score (nSPS) is 15.9. The van der Waals surface area contributed by atoms with Gasteiger partial charge in [0.25, 0.3) is 0 Å². The Bertz CT molecular complexity index is 512. The third kappa shape index (κ3) is 2.19. The molecule has 0 aromatic carbocycles. The van der Waals surface area contributed by atoms with Crippen molar-refractivity contribution >= 4 is 5.95 Å². The van der Waals surface area contributed by atoms with Crippen LogP contribution in [0.2, 0.25) is 0 Å². The van der Waals surface area contributed by atoms with Crippen molar-refractivity contribution in [1.29, 1.82) is 0 Å². The summed E-state index contributed by atoms with van der Waals surface area (Å²) in [6.07, 6.45) is 7.51. The first-order valence-corrected chi connectivity index (χ1v) is 6.10. The van der Waals surface area contributed by atoms with Crippen LogP contribution in [0.5, 0.6) is 0 Å². The topological polar surface area (TPSA) is 58.9 Å². The second-order valence-electron chi connectivity index (χ2n) is 4.41. The first kappa shape index (κ1) is 11.2. The minimum Gasteiger partial charge on any atom is -0.338 e. The summed E-state index contributed by atoms with van der Waals surface area (Å²) in [5.41, 5.74) is 2.05. The van der Waals surface area contributed by atoms with Gasteiger partial charge < -0.3 is 10.2 Å². The van der Waals surface area contributed by atoms with Gasteiger partial charge in [-0.25, -0.2) is 9.97 Å². The molecule has 18 heavy (non-hydrogen) atoms. The molecule has 1 fully saturated rings. The molecule has 1 saturated heterocycles. The molecule has 0 atom stereocenters. The zero-order chi connectivity index (χ0) is 12.4. The molecule has 1 aliphatic heterocycles. The fraction of sp³-hybridized carbons (Fsp3) is 0.417. The molecule has 2 aromatic rings. The summed E-state index contributed by atoms with van der Waals surface area (Å²) in [5.74, 6) is 0.809. The summed E-state index contributed by atoms with van der Waals surface area (Å²) in [4.78, 5) is 11.1. The number of nitrogens with one attached hydrogen (secondary N) is 1. The van der Waals surface area contributed by atoms with Crippen molar-refractivity contribution in [2.45, 2.75) is 0 Å². The van der Waals surface area contributed by atoms with Gasteiger partial charge in [0.2, 0.25) is 5.95 Å². The third-order valence-corrected chi connectivity index (χ3v) is 3.08. The fourth-order valence-corrected chi connectivity index (χ4v) is 2.07. The maximum absolute atomic E-state index is 4.44. The number of anilines is 1. The highest BCUT2D eigenvalue weighted by Gasteiger charge is 2.12. The average Bonchev–Trinajstić information content (AvgIpc) is 2.87. The van der Waals surface area contributed by atoms with Crippen molar-refractivity contribution in [1.82, 2.24) is 25.1 Å². The molecule has 0 saturated carbocycles. The third-order valence-electron chi connectivity index (χ3n) is 3.08. The molecule has 6 nitrogen and oxygen atoms in total. The zero-order valence-corrected chi connectivity index (χ0v) is 10.4. The summed E-state index contributed by atoms with van der Waals surface area (Å²) in [5, 5.41) is 7.46. The second kappa shape index (κ2) is 4.73. The lowest BCUT2D eigenvalue weighted by atomic mass is 10.2. The van der Waals surface area contributed by atoms with E-state index in [4.69, 9.17) is 0 Å². The Balaban J connectivity index is 1.80. The lowest BCUT2D eigenvalue weighted by Crippen LogP contribution is -2.44. The van der Waals surface area contributed by atoms with Crippen molar-refractivity contribution in [2.75, 3.05) is 31.1 Å². The number of nitrogens with zero attached hydrogens (tertiary/aromatic N) is 5. The van der Waals surface area contributed by atoms with E-state index in [-0.39, 0.29) is 0 Å². The number of hydrogen-bond acceptors (Lipinski definition) is 5. The van der Waals surface area contributed by atoms with E-state index in [1.54, 1.807) is 4.68 Å². The molecule has 3 rings (SSSR count). The van der Waals surface area contributed by atoms with Crippen LogP contribution in [0, 0.1) is 0 Å². The van der Waals surface area contributed by atoms with Crippen LogP contribution in [0.25, 0.3) is 11.1 Å². The van der Waals surface area contributed by atoms with E-state index < -0.39 is 0 Å². The number of hydrogen-bond donors (Lipinski definition) is 1. The molecule has 6 heteroatoms. The quantitative estimate of drug-likeness (QED) is 0.822. The number of rotatable bonds is 2. The van der Waals surface area contributed by atoms with E-state index in [1.807, 2.05) is 31.8 Å². The monoisotopic (exact) mass is 244 g/mol. The Morgan fingerprint density at radius 3 is 2.39 bits per heavy atom. The molecule has 0 radical (unpaired) electrons. The first-order valence-electron chi connectivity index (χ1n) is 6.10. The molecule has 1 N–H and O–H groups in total. The summed E-state index contributed by atoms with van der Waals surface area (Å²) >= 11 is 0. The largest absolute Gasteiger partial charge is 0.338 e. The van der Waals surface area contributed by atoms with Gasteiger partial charge in [0.05, 0.1) is 6.20 Å². The molecule has 1 aliphatic rings. The zero-order valence-electron chi connectivity index (χ0n) is 10.4. The summed E-state index contributed by atoms with van der Waals surface area (Å²) in [6.45, 7) is 3.92. The highest BCUT2D eigenvalue weighted by Crippen LogP contribution is 2.17. The Morgan fingerprint density at radius 1 is 1.06 bits per heavy atom. The smallest absolute Gasteiger partial charge is 0.225 e. The first-order chi connectivity index (χ1) is 8.83. The van der Waals surface area contributed by atoms with E-state index in [9.17, 15) is 0 Å². The Morgan fingerprint density at radius 2 is 1.78 bits per heavy atom. The lowest BCUT2D eigenvalue weighted by molar-refractivity contribution is 0.580. The molecule has 0 bridgehead atoms. The van der Waals surface area contributed by atoms with Gasteiger partial charge in [-0.15, -0.1) is 0 Å². The van der Waals surface area contributed by atoms with Gasteiger partial charge in [-0.05, 0) is 0 Å². The van der Waals surface area contributed by atoms with E-state index in [0.717, 1.165) is 43.3 Å². The number of piperazine rings is 1. The molecule has 3 heterocycles. The van der Waals surface area contributed by atoms with E-state index >= 15 is 0 Å². The minimum absolute atomic E-state index is 0.809. The maximum Gasteiger partial charge on any atom is 0.225 e. The Labute approximate surface area is 106 Å². The summed E-state index contributed by atoms with van der Waals surface area (Å²) in [6, 6.07) is 0. The van der Waals surface area contributed by atoms with E-state index in [0.29, 0.717) is 0 Å². The van der Waals surface area contributed by atoms with Crippen LogP contribution in [0.4, 0.5) is 5.95 Å². The van der Waals surface area contributed by atoms with Crippen LogP contribution in [-0.4, -0.2) is 45.9 Å². The standard InChI is InChI=1S/C12H16N6/c1-17-9-11(8-16-17)10-6-14-12(15-7-10)18-4-2-13-3-5-18/h6-9,13H,2-5H2,1H3. The van der Waals surface area contributed by atoms with Crippen molar-refractivity contribution in [3.05, 3.63) is 24.8 Å². The van der Waals surface area contributed by atoms with Gasteiger partial charge in [0.1, 0.15) is 0 Å². The van der Waals surface area contributed by atoms with Gasteiger partial charge in [0, 0.05) is 62.9 Å². The highest BCUT2D eigenvalue weighted by molar-refractivity contribution is 5.60. The van der Waals surface area contributed by atoms with Gasteiger partial charge in [-0.3, -0.25) is 4.68 Å². The molecular weight excluding hydrogens is 228 g/mol. The second-order valence-corrected chi connectivity index (χ2v) is 4.41. The van der Waals surface area contributed by atoms with Crippen LogP contribution in [0.3, 0.4) is 0 Å². The Kier molecular flexibility index (Phi) is 2.93. The summed E-state index contributed by atoms with van der Waals surface area (Å²) in [7, 11) is 1.90. The SMILES string of the molecule is Cn1cc(-c2cnc(N3CCNCC3)nc2)cn1. The van der Waals surface area contributed by atoms with Crippen molar-refractivity contribution in [2.24, 2.45) is 7.05 Å². The van der Waals surface area contributed by atoms with Crippen molar-refractivity contribution < 1.29 is 0 Å². The number of aromatic nitrogens is 4. The molecule has 0 spiro atoms. The van der Waals surface area contributed by atoms with Crippen molar-refractivity contribution in [3.8, 4) is 11.1 Å². The van der Waals surface area contributed by atoms with E-state index in [1.165, 1.54) is 0 Å². The number of aryl methyl sites for hydroxylation is 1. The Hall–Kier alpha value is -1.95. The van der Waals surface area contributed by atoms with Crippen LogP contribution in [-0.2, 0) is 7.05 Å². The molecule has 2 aromatic heterocycles. The predicted molar refractivity (Wildman–Crippen MR) is 69.3 cm³/mol. The lowest BCUT2D eigenvalue weighted by Gasteiger charge is -2.27. The van der Waals surface area contributed by atoms with Crippen LogP contribution in [0.1, 0.15) is 0 Å². The average molecular weight is 244 g/mol. The van der Waals surface area contributed by atoms with E-state index in [2.05, 4.69) is 25.3 Å². The van der Waals surface area contributed by atoms with Crippen LogP contribution < -0.4 is 10.2 Å². The van der Waals surface area contributed by atoms with Crippen LogP contribution in [0.15, 0.2) is 24.8 Å². The minimum atomic E-state index is 0.809. The van der Waals surface area contributed by atoms with Crippen LogP contribution >= 0.6 is 0 Å². The molecule has 0 unspecified atom stereocenters. The highest BCUT2D eigenvalue weighted by atomic mass is 15.3.